The lowest BCUT2D eigenvalue weighted by Crippen LogP contribution is -2.25. The molecule has 0 aliphatic rings. The van der Waals surface area contributed by atoms with Crippen molar-refractivity contribution in [2.45, 2.75) is 13.8 Å². The molecule has 0 heterocycles. The van der Waals surface area contributed by atoms with E-state index in [1.54, 1.807) is 6.21 Å². The van der Waals surface area contributed by atoms with Gasteiger partial charge < -0.3 is 10.1 Å². The Morgan fingerprint density at radius 2 is 1.84 bits per heavy atom. The fourth-order valence-corrected chi connectivity index (χ4v) is 3.15. The van der Waals surface area contributed by atoms with Crippen LogP contribution in [-0.4, -0.2) is 25.3 Å². The van der Waals surface area contributed by atoms with Crippen molar-refractivity contribution < 1.29 is 9.53 Å². The first-order valence-corrected chi connectivity index (χ1v) is 9.32. The molecule has 7 heteroatoms. The van der Waals surface area contributed by atoms with E-state index in [0.717, 1.165) is 31.5 Å². The third-order valence-electron chi connectivity index (χ3n) is 3.33. The van der Waals surface area contributed by atoms with Crippen LogP contribution in [0.5, 0.6) is 5.75 Å². The monoisotopic (exact) mass is 467 g/mol. The second-order valence-electron chi connectivity index (χ2n) is 5.21. The summed E-state index contributed by atoms with van der Waals surface area (Å²) in [6.45, 7) is 4.69. The second kappa shape index (κ2) is 9.58. The van der Waals surface area contributed by atoms with E-state index in [0.29, 0.717) is 6.61 Å². The number of carbonyl (C=O) groups is 1. The van der Waals surface area contributed by atoms with E-state index < -0.39 is 0 Å². The Labute approximate surface area is 164 Å². The highest BCUT2D eigenvalue weighted by molar-refractivity contribution is 9.11. The van der Waals surface area contributed by atoms with Crippen molar-refractivity contribution in [1.29, 1.82) is 0 Å². The van der Waals surface area contributed by atoms with Crippen molar-refractivity contribution in [3.63, 3.8) is 0 Å². The number of nitrogens with zero attached hydrogens (tertiary/aromatic N) is 1. The van der Waals surface area contributed by atoms with Crippen molar-refractivity contribution in [3.8, 4) is 5.75 Å². The molecule has 0 aliphatic heterocycles. The zero-order chi connectivity index (χ0) is 18.2. The van der Waals surface area contributed by atoms with E-state index in [-0.39, 0.29) is 12.5 Å². The lowest BCUT2D eigenvalue weighted by molar-refractivity contribution is -0.119. The van der Waals surface area contributed by atoms with Gasteiger partial charge in [-0.2, -0.15) is 5.10 Å². The quantitative estimate of drug-likeness (QED) is 0.465. The molecular formula is C18H19Br2N3O2. The van der Waals surface area contributed by atoms with Gasteiger partial charge in [-0.05, 0) is 61.4 Å². The first-order valence-electron chi connectivity index (χ1n) is 7.74. The van der Waals surface area contributed by atoms with Crippen LogP contribution in [0.1, 0.15) is 18.1 Å². The van der Waals surface area contributed by atoms with Crippen molar-refractivity contribution in [3.05, 3.63) is 56.5 Å². The zero-order valence-electron chi connectivity index (χ0n) is 14.0. The maximum Gasteiger partial charge on any atom is 0.259 e. The highest BCUT2D eigenvalue weighted by Crippen LogP contribution is 2.28. The Morgan fingerprint density at radius 3 is 2.44 bits per heavy atom. The minimum atomic E-state index is -0.227. The van der Waals surface area contributed by atoms with Crippen LogP contribution in [0.15, 0.2) is 50.4 Å². The Balaban J connectivity index is 1.82. The number of nitrogens with one attached hydrogen (secondary N) is 2. The molecule has 0 aliphatic carbocycles. The number of halogens is 2. The average Bonchev–Trinajstić information content (AvgIpc) is 2.59. The van der Waals surface area contributed by atoms with Gasteiger partial charge in [0.15, 0.2) is 0 Å². The number of anilines is 1. The van der Waals surface area contributed by atoms with Gasteiger partial charge in [-0.25, -0.2) is 5.43 Å². The zero-order valence-corrected chi connectivity index (χ0v) is 17.1. The van der Waals surface area contributed by atoms with Crippen LogP contribution >= 0.6 is 31.9 Å². The Morgan fingerprint density at radius 1 is 1.20 bits per heavy atom. The highest BCUT2D eigenvalue weighted by Gasteiger charge is 2.05. The summed E-state index contributed by atoms with van der Waals surface area (Å²) in [6, 6.07) is 11.3. The number of hydrogen-bond acceptors (Lipinski definition) is 4. The molecule has 25 heavy (non-hydrogen) atoms. The fraction of sp³-hybridized carbons (Fsp3) is 0.222. The molecule has 0 saturated carbocycles. The number of ether oxygens (including phenoxy) is 1. The first kappa shape index (κ1) is 19.5. The smallest absolute Gasteiger partial charge is 0.259 e. The van der Waals surface area contributed by atoms with Gasteiger partial charge in [0, 0.05) is 14.6 Å². The van der Waals surface area contributed by atoms with Gasteiger partial charge in [0.2, 0.25) is 0 Å². The molecule has 0 fully saturated rings. The number of carbonyl (C=O) groups excluding carboxylic acids is 1. The number of amides is 1. The lowest BCUT2D eigenvalue weighted by atomic mass is 10.2. The SMILES string of the molecule is CCOc1ccc(/C=N/NC(=O)CNc2cc(Br)c(C)c(Br)c2)cc1. The normalized spacial score (nSPS) is 10.7. The molecule has 0 atom stereocenters. The summed E-state index contributed by atoms with van der Waals surface area (Å²) >= 11 is 6.97. The average molecular weight is 469 g/mol. The van der Waals surface area contributed by atoms with E-state index in [4.69, 9.17) is 4.74 Å². The third kappa shape index (κ3) is 6.17. The molecule has 2 N–H and O–H groups in total. The van der Waals surface area contributed by atoms with Gasteiger partial charge in [0.05, 0.1) is 19.4 Å². The predicted octanol–water partition coefficient (Wildman–Crippen LogP) is 4.48. The van der Waals surface area contributed by atoms with Gasteiger partial charge in [-0.1, -0.05) is 31.9 Å². The van der Waals surface area contributed by atoms with Crippen LogP contribution in [0.4, 0.5) is 5.69 Å². The molecule has 132 valence electrons. The fourth-order valence-electron chi connectivity index (χ4n) is 1.96. The largest absolute Gasteiger partial charge is 0.494 e. The van der Waals surface area contributed by atoms with E-state index in [9.17, 15) is 4.79 Å². The molecule has 0 bridgehead atoms. The molecule has 0 unspecified atom stereocenters. The summed E-state index contributed by atoms with van der Waals surface area (Å²) in [7, 11) is 0. The molecule has 2 rings (SSSR count). The first-order chi connectivity index (χ1) is 12.0. The van der Waals surface area contributed by atoms with E-state index in [2.05, 4.69) is 47.7 Å². The second-order valence-corrected chi connectivity index (χ2v) is 6.92. The predicted molar refractivity (Wildman–Crippen MR) is 108 cm³/mol. The molecule has 0 saturated heterocycles. The Hall–Kier alpha value is -1.86. The van der Waals surface area contributed by atoms with Crippen molar-refractivity contribution in [2.24, 2.45) is 5.10 Å². The molecule has 1 amide bonds. The number of benzene rings is 2. The summed E-state index contributed by atoms with van der Waals surface area (Å²) in [6.07, 6.45) is 1.59. The van der Waals surface area contributed by atoms with E-state index in [1.165, 1.54) is 0 Å². The minimum absolute atomic E-state index is 0.128. The van der Waals surface area contributed by atoms with Crippen LogP contribution in [0.25, 0.3) is 0 Å². The highest BCUT2D eigenvalue weighted by atomic mass is 79.9. The summed E-state index contributed by atoms with van der Waals surface area (Å²) < 4.78 is 7.31. The van der Waals surface area contributed by atoms with Gasteiger partial charge in [-0.15, -0.1) is 0 Å². The summed E-state index contributed by atoms with van der Waals surface area (Å²) in [4.78, 5) is 11.9. The number of rotatable bonds is 7. The Kier molecular flexibility index (Phi) is 7.46. The standard InChI is InChI=1S/C18H19Br2N3O2/c1-3-25-15-6-4-13(5-7-15)10-22-23-18(24)11-21-14-8-16(19)12(2)17(20)9-14/h4-10,21H,3,11H2,1-2H3,(H,23,24)/b22-10+. The van der Waals surface area contributed by atoms with E-state index >= 15 is 0 Å². The number of hydrazone groups is 1. The molecule has 2 aromatic carbocycles. The molecule has 2 aromatic rings. The van der Waals surface area contributed by atoms with E-state index in [1.807, 2.05) is 50.2 Å². The van der Waals surface area contributed by atoms with Crippen molar-refractivity contribution >= 4 is 49.7 Å². The molecule has 0 spiro atoms. The Bertz CT molecular complexity index is 738. The third-order valence-corrected chi connectivity index (χ3v) is 4.98. The topological polar surface area (TPSA) is 62.7 Å². The van der Waals surface area contributed by atoms with Gasteiger partial charge >= 0.3 is 0 Å². The van der Waals surface area contributed by atoms with Gasteiger partial charge in [0.1, 0.15) is 5.75 Å². The lowest BCUT2D eigenvalue weighted by Gasteiger charge is -2.09. The minimum Gasteiger partial charge on any atom is -0.494 e. The van der Waals surface area contributed by atoms with Crippen LogP contribution in [0.3, 0.4) is 0 Å². The van der Waals surface area contributed by atoms with Crippen LogP contribution < -0.4 is 15.5 Å². The summed E-state index contributed by atoms with van der Waals surface area (Å²) in [5.41, 5.74) is 5.32. The maximum absolute atomic E-state index is 11.9. The summed E-state index contributed by atoms with van der Waals surface area (Å²) in [5.74, 6) is 0.582. The number of hydrogen-bond donors (Lipinski definition) is 2. The molecular weight excluding hydrogens is 450 g/mol. The molecule has 5 nitrogen and oxygen atoms in total. The molecule has 0 radical (unpaired) electrons. The molecule has 0 aromatic heterocycles. The van der Waals surface area contributed by atoms with Crippen molar-refractivity contribution in [2.75, 3.05) is 18.5 Å². The van der Waals surface area contributed by atoms with Crippen LogP contribution in [0.2, 0.25) is 0 Å². The van der Waals surface area contributed by atoms with Gasteiger partial charge in [-0.3, -0.25) is 4.79 Å². The van der Waals surface area contributed by atoms with Crippen LogP contribution in [-0.2, 0) is 4.79 Å². The van der Waals surface area contributed by atoms with Crippen LogP contribution in [0, 0.1) is 6.92 Å². The van der Waals surface area contributed by atoms with Gasteiger partial charge in [0.25, 0.3) is 5.91 Å². The maximum atomic E-state index is 11.9. The summed E-state index contributed by atoms with van der Waals surface area (Å²) in [5, 5.41) is 7.02. The van der Waals surface area contributed by atoms with Crippen molar-refractivity contribution in [1.82, 2.24) is 5.43 Å².